The number of anilines is 3. The van der Waals surface area contributed by atoms with Crippen molar-refractivity contribution in [1.82, 2.24) is 4.57 Å². The lowest BCUT2D eigenvalue weighted by molar-refractivity contribution is 0.714. The first-order valence-corrected chi connectivity index (χ1v) is 20.1. The van der Waals surface area contributed by atoms with Crippen LogP contribution in [0, 0.1) is 0 Å². The Hall–Kier alpha value is -7.42. The van der Waals surface area contributed by atoms with Gasteiger partial charge in [0.25, 0.3) is 0 Å². The lowest BCUT2D eigenvalue weighted by Crippen LogP contribution is -2.22. The predicted octanol–water partition coefficient (Wildman–Crippen LogP) is 14.9. The summed E-state index contributed by atoms with van der Waals surface area (Å²) in [5.41, 5.74) is 18.1. The molecule has 58 heavy (non-hydrogen) atoms. The summed E-state index contributed by atoms with van der Waals surface area (Å²) in [7, 11) is 0. The van der Waals surface area contributed by atoms with Gasteiger partial charge in [-0.3, -0.25) is 0 Å². The summed E-state index contributed by atoms with van der Waals surface area (Å²) in [5, 5.41) is 2.51. The minimum absolute atomic E-state index is 0.246. The van der Waals surface area contributed by atoms with Crippen LogP contribution in [-0.2, 0) is 5.41 Å². The molecule has 0 radical (unpaired) electrons. The van der Waals surface area contributed by atoms with E-state index in [9.17, 15) is 0 Å². The minimum atomic E-state index is -0.246. The fourth-order valence-corrected chi connectivity index (χ4v) is 9.40. The lowest BCUT2D eigenvalue weighted by Gasteiger charge is -2.30. The molecule has 0 saturated carbocycles. The molecule has 274 valence electrons. The van der Waals surface area contributed by atoms with Crippen molar-refractivity contribution in [2.24, 2.45) is 0 Å². The molecule has 0 N–H and O–H groups in total. The van der Waals surface area contributed by atoms with E-state index in [1.165, 1.54) is 77.6 Å². The first-order chi connectivity index (χ1) is 28.6. The molecule has 2 nitrogen and oxygen atoms in total. The van der Waals surface area contributed by atoms with E-state index in [-0.39, 0.29) is 5.41 Å². The first kappa shape index (κ1) is 33.9. The Bertz CT molecular complexity index is 3040. The SMILES string of the molecule is CC1(c2ccc(N(c3ccc(-c4ccccc4)cc3)c3ccc(-c4ccc5c(c4)c4ccccc4n5-c4ccccc4)cc3)cc2)c2ccccc2-c2ccccc21. The van der Waals surface area contributed by atoms with Crippen molar-refractivity contribution in [2.75, 3.05) is 4.90 Å². The Kier molecular flexibility index (Phi) is 7.97. The normalized spacial score (nSPS) is 12.7. The summed E-state index contributed by atoms with van der Waals surface area (Å²) < 4.78 is 2.37. The van der Waals surface area contributed by atoms with Crippen molar-refractivity contribution in [3.05, 3.63) is 241 Å². The maximum Gasteiger partial charge on any atom is 0.0541 e. The van der Waals surface area contributed by atoms with Crippen LogP contribution in [0.3, 0.4) is 0 Å². The maximum absolute atomic E-state index is 2.38. The third-order valence-electron chi connectivity index (χ3n) is 12.3. The molecular weight excluding hydrogens is 701 g/mol. The summed E-state index contributed by atoms with van der Waals surface area (Å²) in [4.78, 5) is 2.37. The average Bonchev–Trinajstić information content (AvgIpc) is 3.77. The fraction of sp³-hybridized carbons (Fsp3) is 0.0357. The highest BCUT2D eigenvalue weighted by molar-refractivity contribution is 6.10. The molecule has 1 aliphatic rings. The second-order valence-electron chi connectivity index (χ2n) is 15.5. The third-order valence-corrected chi connectivity index (χ3v) is 12.3. The molecule has 1 aliphatic carbocycles. The predicted molar refractivity (Wildman–Crippen MR) is 244 cm³/mol. The van der Waals surface area contributed by atoms with Gasteiger partial charge < -0.3 is 9.47 Å². The van der Waals surface area contributed by atoms with Crippen LogP contribution >= 0.6 is 0 Å². The Morgan fingerprint density at radius 3 is 1.43 bits per heavy atom. The van der Waals surface area contributed by atoms with Crippen LogP contribution in [0.1, 0.15) is 23.6 Å². The van der Waals surface area contributed by atoms with Crippen LogP contribution in [0.2, 0.25) is 0 Å². The first-order valence-electron chi connectivity index (χ1n) is 20.1. The molecule has 1 aromatic heterocycles. The highest BCUT2D eigenvalue weighted by Crippen LogP contribution is 2.52. The van der Waals surface area contributed by atoms with Gasteiger partial charge in [-0.1, -0.05) is 158 Å². The molecule has 0 aliphatic heterocycles. The van der Waals surface area contributed by atoms with Gasteiger partial charge in [0.2, 0.25) is 0 Å². The maximum atomic E-state index is 2.38. The molecular formula is C56H40N2. The van der Waals surface area contributed by atoms with Gasteiger partial charge in [0.05, 0.1) is 11.0 Å². The molecule has 2 heteroatoms. The van der Waals surface area contributed by atoms with Gasteiger partial charge in [0.15, 0.2) is 0 Å². The monoisotopic (exact) mass is 740 g/mol. The highest BCUT2D eigenvalue weighted by atomic mass is 15.1. The van der Waals surface area contributed by atoms with E-state index in [4.69, 9.17) is 0 Å². The number of benzene rings is 9. The van der Waals surface area contributed by atoms with Crippen molar-refractivity contribution in [3.8, 4) is 39.1 Å². The number of fused-ring (bicyclic) bond motifs is 6. The molecule has 0 unspecified atom stereocenters. The fourth-order valence-electron chi connectivity index (χ4n) is 9.40. The van der Waals surface area contributed by atoms with Crippen LogP contribution < -0.4 is 4.90 Å². The van der Waals surface area contributed by atoms with E-state index in [1.54, 1.807) is 0 Å². The molecule has 9 aromatic carbocycles. The molecule has 0 atom stereocenters. The Balaban J connectivity index is 0.989. The van der Waals surface area contributed by atoms with Crippen LogP contribution in [-0.4, -0.2) is 4.57 Å². The van der Waals surface area contributed by atoms with Crippen LogP contribution in [0.25, 0.3) is 60.9 Å². The Morgan fingerprint density at radius 1 is 0.362 bits per heavy atom. The number of nitrogens with zero attached hydrogens (tertiary/aromatic N) is 2. The van der Waals surface area contributed by atoms with Crippen molar-refractivity contribution >= 4 is 38.9 Å². The van der Waals surface area contributed by atoms with Crippen molar-refractivity contribution in [2.45, 2.75) is 12.3 Å². The van der Waals surface area contributed by atoms with Crippen molar-refractivity contribution in [1.29, 1.82) is 0 Å². The van der Waals surface area contributed by atoms with Crippen LogP contribution in [0.5, 0.6) is 0 Å². The van der Waals surface area contributed by atoms with E-state index in [0.29, 0.717) is 0 Å². The van der Waals surface area contributed by atoms with Gasteiger partial charge in [-0.05, 0) is 124 Å². The summed E-state index contributed by atoms with van der Waals surface area (Å²) in [6.07, 6.45) is 0. The molecule has 1 heterocycles. The van der Waals surface area contributed by atoms with Crippen LogP contribution in [0.4, 0.5) is 17.1 Å². The molecule has 0 fully saturated rings. The number of para-hydroxylation sites is 2. The quantitative estimate of drug-likeness (QED) is 0.158. The third kappa shape index (κ3) is 5.41. The second kappa shape index (κ2) is 13.7. The van der Waals surface area contributed by atoms with Crippen molar-refractivity contribution < 1.29 is 0 Å². The van der Waals surface area contributed by atoms with E-state index in [0.717, 1.165) is 17.1 Å². The minimum Gasteiger partial charge on any atom is -0.311 e. The second-order valence-corrected chi connectivity index (χ2v) is 15.5. The zero-order valence-corrected chi connectivity index (χ0v) is 32.3. The average molecular weight is 741 g/mol. The Morgan fingerprint density at radius 2 is 0.810 bits per heavy atom. The highest BCUT2D eigenvalue weighted by Gasteiger charge is 2.40. The topological polar surface area (TPSA) is 8.17 Å². The summed E-state index contributed by atoms with van der Waals surface area (Å²) in [6, 6.07) is 81.8. The number of hydrogen-bond acceptors (Lipinski definition) is 1. The van der Waals surface area contributed by atoms with E-state index >= 15 is 0 Å². The molecule has 0 spiro atoms. The standard InChI is InChI=1S/C56H40N2/c1-56(52-21-11-8-18-48(52)49-19-9-12-22-53(49)56)43-29-35-47(36-30-43)57(45-31-24-40(25-32-45)39-14-4-2-5-15-39)46-33-26-41(27-34-46)42-28-37-55-51(38-42)50-20-10-13-23-54(50)58(55)44-16-6-3-7-17-44/h2-38H,1H3. The van der Waals surface area contributed by atoms with Crippen LogP contribution in [0.15, 0.2) is 224 Å². The molecule has 0 bridgehead atoms. The zero-order chi connectivity index (χ0) is 38.6. The number of hydrogen-bond donors (Lipinski definition) is 0. The molecule has 11 rings (SSSR count). The van der Waals surface area contributed by atoms with Gasteiger partial charge in [-0.15, -0.1) is 0 Å². The smallest absolute Gasteiger partial charge is 0.0541 e. The van der Waals surface area contributed by atoms with Gasteiger partial charge in [-0.2, -0.15) is 0 Å². The molecule has 0 amide bonds. The summed E-state index contributed by atoms with van der Waals surface area (Å²) in [6.45, 7) is 2.38. The van der Waals surface area contributed by atoms with E-state index < -0.39 is 0 Å². The zero-order valence-electron chi connectivity index (χ0n) is 32.3. The number of aromatic nitrogens is 1. The van der Waals surface area contributed by atoms with E-state index in [2.05, 4.69) is 241 Å². The van der Waals surface area contributed by atoms with Gasteiger partial charge >= 0.3 is 0 Å². The molecule has 0 saturated heterocycles. The Labute approximate surface area is 339 Å². The van der Waals surface area contributed by atoms with Gasteiger partial charge in [0, 0.05) is 38.9 Å². The molecule has 10 aromatic rings. The van der Waals surface area contributed by atoms with E-state index in [1.807, 2.05) is 0 Å². The largest absolute Gasteiger partial charge is 0.311 e. The summed E-state index contributed by atoms with van der Waals surface area (Å²) >= 11 is 0. The van der Waals surface area contributed by atoms with Crippen molar-refractivity contribution in [3.63, 3.8) is 0 Å². The summed E-state index contributed by atoms with van der Waals surface area (Å²) in [5.74, 6) is 0. The number of rotatable bonds is 7. The lowest BCUT2D eigenvalue weighted by atomic mass is 9.74. The van der Waals surface area contributed by atoms with Gasteiger partial charge in [-0.25, -0.2) is 0 Å². The van der Waals surface area contributed by atoms with Gasteiger partial charge in [0.1, 0.15) is 0 Å².